The van der Waals surface area contributed by atoms with E-state index >= 15 is 0 Å². The molecule has 0 amide bonds. The Hall–Kier alpha value is -1.82. The predicted octanol–water partition coefficient (Wildman–Crippen LogP) is 0.675. The first-order chi connectivity index (χ1) is 6.99. The lowest BCUT2D eigenvalue weighted by Crippen LogP contribution is -2.19. The van der Waals surface area contributed by atoms with Crippen molar-refractivity contribution in [3.8, 4) is 5.75 Å². The Morgan fingerprint density at radius 3 is 2.73 bits per heavy atom. The van der Waals surface area contributed by atoms with Crippen molar-refractivity contribution in [1.82, 2.24) is 0 Å². The summed E-state index contributed by atoms with van der Waals surface area (Å²) in [4.78, 5) is 10.5. The van der Waals surface area contributed by atoms with Gasteiger partial charge in [0.1, 0.15) is 5.75 Å². The van der Waals surface area contributed by atoms with Crippen molar-refractivity contribution in [2.24, 2.45) is 5.73 Å². The van der Waals surface area contributed by atoms with Gasteiger partial charge in [0.25, 0.3) is 0 Å². The SMILES string of the molecule is NC(=S)Nc1cc(CC(=O)O)ccc1O. The highest BCUT2D eigenvalue weighted by atomic mass is 32.1. The molecule has 5 N–H and O–H groups in total. The smallest absolute Gasteiger partial charge is 0.307 e. The Kier molecular flexibility index (Phi) is 3.46. The molecule has 80 valence electrons. The van der Waals surface area contributed by atoms with Gasteiger partial charge in [-0.1, -0.05) is 6.07 Å². The molecule has 0 atom stereocenters. The van der Waals surface area contributed by atoms with Gasteiger partial charge in [0, 0.05) is 0 Å². The molecule has 0 aliphatic rings. The van der Waals surface area contributed by atoms with Gasteiger partial charge in [0.2, 0.25) is 0 Å². The van der Waals surface area contributed by atoms with Crippen LogP contribution in [0.3, 0.4) is 0 Å². The molecule has 0 heterocycles. The zero-order valence-corrected chi connectivity index (χ0v) is 8.54. The van der Waals surface area contributed by atoms with Crippen LogP contribution in [0.2, 0.25) is 0 Å². The normalized spacial score (nSPS) is 9.60. The number of anilines is 1. The molecule has 0 bridgehead atoms. The summed E-state index contributed by atoms with van der Waals surface area (Å²) < 4.78 is 0. The molecule has 5 nitrogen and oxygen atoms in total. The van der Waals surface area contributed by atoms with Crippen molar-refractivity contribution in [2.45, 2.75) is 6.42 Å². The molecule has 0 aromatic heterocycles. The van der Waals surface area contributed by atoms with Crippen molar-refractivity contribution >= 4 is 29.0 Å². The molecule has 0 saturated heterocycles. The van der Waals surface area contributed by atoms with Gasteiger partial charge in [-0.3, -0.25) is 4.79 Å². The zero-order valence-electron chi connectivity index (χ0n) is 7.73. The number of aromatic hydroxyl groups is 1. The van der Waals surface area contributed by atoms with Crippen LogP contribution in [0.4, 0.5) is 5.69 Å². The molecular weight excluding hydrogens is 216 g/mol. The van der Waals surface area contributed by atoms with E-state index in [0.29, 0.717) is 11.3 Å². The minimum atomic E-state index is -0.943. The van der Waals surface area contributed by atoms with Crippen molar-refractivity contribution in [3.63, 3.8) is 0 Å². The number of hydrogen-bond donors (Lipinski definition) is 4. The summed E-state index contributed by atoms with van der Waals surface area (Å²) in [7, 11) is 0. The van der Waals surface area contributed by atoms with E-state index < -0.39 is 5.97 Å². The van der Waals surface area contributed by atoms with Gasteiger partial charge in [0.05, 0.1) is 12.1 Å². The van der Waals surface area contributed by atoms with Gasteiger partial charge in [-0.2, -0.15) is 0 Å². The van der Waals surface area contributed by atoms with Crippen LogP contribution >= 0.6 is 12.2 Å². The minimum absolute atomic E-state index is 0.0118. The van der Waals surface area contributed by atoms with Gasteiger partial charge in [-0.15, -0.1) is 0 Å². The number of carboxylic acids is 1. The number of thiocarbonyl (C=S) groups is 1. The zero-order chi connectivity index (χ0) is 11.4. The first-order valence-corrected chi connectivity index (χ1v) is 4.50. The quantitative estimate of drug-likeness (QED) is 0.447. The lowest BCUT2D eigenvalue weighted by Gasteiger charge is -2.07. The molecule has 15 heavy (non-hydrogen) atoms. The van der Waals surface area contributed by atoms with Gasteiger partial charge >= 0.3 is 5.97 Å². The van der Waals surface area contributed by atoms with Crippen LogP contribution in [0, 0.1) is 0 Å². The predicted molar refractivity (Wildman–Crippen MR) is 59.9 cm³/mol. The summed E-state index contributed by atoms with van der Waals surface area (Å²) in [5.74, 6) is -0.973. The van der Waals surface area contributed by atoms with E-state index in [2.05, 4.69) is 17.5 Å². The molecule has 1 rings (SSSR count). The van der Waals surface area contributed by atoms with E-state index in [4.69, 9.17) is 10.8 Å². The highest BCUT2D eigenvalue weighted by Gasteiger charge is 2.05. The Morgan fingerprint density at radius 2 is 2.20 bits per heavy atom. The largest absolute Gasteiger partial charge is 0.506 e. The molecule has 0 unspecified atom stereocenters. The second-order valence-electron chi connectivity index (χ2n) is 2.91. The second-order valence-corrected chi connectivity index (χ2v) is 3.35. The minimum Gasteiger partial charge on any atom is -0.506 e. The van der Waals surface area contributed by atoms with Crippen LogP contribution in [0.1, 0.15) is 5.56 Å². The molecule has 0 aliphatic heterocycles. The van der Waals surface area contributed by atoms with Crippen LogP contribution in [0.15, 0.2) is 18.2 Å². The number of aliphatic carboxylic acids is 1. The highest BCUT2D eigenvalue weighted by molar-refractivity contribution is 7.80. The van der Waals surface area contributed by atoms with Crippen LogP contribution in [0.5, 0.6) is 5.75 Å². The highest BCUT2D eigenvalue weighted by Crippen LogP contribution is 2.24. The first-order valence-electron chi connectivity index (χ1n) is 4.09. The first kappa shape index (κ1) is 11.3. The van der Waals surface area contributed by atoms with E-state index in [0.717, 1.165) is 0 Å². The summed E-state index contributed by atoms with van der Waals surface area (Å²) in [6.45, 7) is 0. The Morgan fingerprint density at radius 1 is 1.53 bits per heavy atom. The molecular formula is C9H10N2O3S. The fourth-order valence-electron chi connectivity index (χ4n) is 1.10. The monoisotopic (exact) mass is 226 g/mol. The average molecular weight is 226 g/mol. The maximum atomic E-state index is 10.5. The Bertz CT molecular complexity index is 406. The summed E-state index contributed by atoms with van der Waals surface area (Å²) in [6.07, 6.45) is -0.119. The van der Waals surface area contributed by atoms with Crippen LogP contribution in [0.25, 0.3) is 0 Å². The lowest BCUT2D eigenvalue weighted by molar-refractivity contribution is -0.136. The number of nitrogens with one attached hydrogen (secondary N) is 1. The molecule has 6 heteroatoms. The molecule has 0 fully saturated rings. The molecule has 0 radical (unpaired) electrons. The topological polar surface area (TPSA) is 95.6 Å². The summed E-state index contributed by atoms with van der Waals surface area (Å²) >= 11 is 4.61. The van der Waals surface area contributed by atoms with E-state index in [1.54, 1.807) is 0 Å². The van der Waals surface area contributed by atoms with Crippen molar-refractivity contribution in [3.05, 3.63) is 23.8 Å². The Balaban J connectivity index is 2.94. The molecule has 0 saturated carbocycles. The van der Waals surface area contributed by atoms with E-state index in [9.17, 15) is 9.90 Å². The molecule has 0 spiro atoms. The molecule has 1 aromatic carbocycles. The van der Waals surface area contributed by atoms with E-state index in [1.165, 1.54) is 18.2 Å². The van der Waals surface area contributed by atoms with Crippen LogP contribution in [-0.4, -0.2) is 21.3 Å². The fraction of sp³-hybridized carbons (Fsp3) is 0.111. The molecule has 0 aliphatic carbocycles. The van der Waals surface area contributed by atoms with Gasteiger partial charge < -0.3 is 21.3 Å². The van der Waals surface area contributed by atoms with Crippen molar-refractivity contribution in [1.29, 1.82) is 0 Å². The number of hydrogen-bond acceptors (Lipinski definition) is 3. The second kappa shape index (κ2) is 4.61. The molecule has 1 aromatic rings. The average Bonchev–Trinajstić information content (AvgIpc) is 2.09. The summed E-state index contributed by atoms with van der Waals surface area (Å²) in [5.41, 5.74) is 6.10. The van der Waals surface area contributed by atoms with E-state index in [-0.39, 0.29) is 17.3 Å². The van der Waals surface area contributed by atoms with Crippen LogP contribution < -0.4 is 11.1 Å². The van der Waals surface area contributed by atoms with E-state index in [1.807, 2.05) is 0 Å². The van der Waals surface area contributed by atoms with Crippen molar-refractivity contribution in [2.75, 3.05) is 5.32 Å². The third-order valence-electron chi connectivity index (χ3n) is 1.67. The van der Waals surface area contributed by atoms with Gasteiger partial charge in [-0.25, -0.2) is 0 Å². The number of nitrogens with two attached hydrogens (primary N) is 1. The maximum Gasteiger partial charge on any atom is 0.307 e. The number of carbonyl (C=O) groups is 1. The number of carboxylic acid groups (broad SMARTS) is 1. The lowest BCUT2D eigenvalue weighted by atomic mass is 10.1. The maximum absolute atomic E-state index is 10.5. The number of phenolic OH excluding ortho intramolecular Hbond substituents is 1. The van der Waals surface area contributed by atoms with Gasteiger partial charge in [0.15, 0.2) is 5.11 Å². The summed E-state index contributed by atoms with van der Waals surface area (Å²) in [5, 5.41) is 20.5. The third kappa shape index (κ3) is 3.43. The van der Waals surface area contributed by atoms with Crippen molar-refractivity contribution < 1.29 is 15.0 Å². The Labute approximate surface area is 91.5 Å². The number of rotatable bonds is 3. The van der Waals surface area contributed by atoms with Gasteiger partial charge in [-0.05, 0) is 29.9 Å². The number of benzene rings is 1. The summed E-state index contributed by atoms with van der Waals surface area (Å²) in [6, 6.07) is 4.40. The standard InChI is InChI=1S/C9H10N2O3S/c10-9(15)11-6-3-5(4-8(13)14)1-2-7(6)12/h1-3,12H,4H2,(H,13,14)(H3,10,11,15). The van der Waals surface area contributed by atoms with Crippen LogP contribution in [-0.2, 0) is 11.2 Å². The number of phenols is 1. The fourth-order valence-corrected chi connectivity index (χ4v) is 1.21. The third-order valence-corrected chi connectivity index (χ3v) is 1.78.